The Morgan fingerprint density at radius 2 is 1.58 bits per heavy atom. The molecule has 1 heterocycles. The van der Waals surface area contributed by atoms with Crippen LogP contribution in [-0.4, -0.2) is 24.4 Å². The molecule has 1 aromatic heterocycles. The lowest BCUT2D eigenvalue weighted by molar-refractivity contribution is 0.0527. The van der Waals surface area contributed by atoms with E-state index in [0.29, 0.717) is 26.7 Å². The molecule has 0 atom stereocenters. The third kappa shape index (κ3) is 5.31. The highest BCUT2D eigenvalue weighted by molar-refractivity contribution is 7.19. The summed E-state index contributed by atoms with van der Waals surface area (Å²) in [5.74, 6) is -1.37. The highest BCUT2D eigenvalue weighted by Crippen LogP contribution is 2.34. The zero-order valence-corrected chi connectivity index (χ0v) is 18.8. The Hall–Kier alpha value is -3.16. The second kappa shape index (κ2) is 9.76. The fraction of sp³-hybridized carbons (Fsp3) is 0.174. The zero-order chi connectivity index (χ0) is 22.5. The van der Waals surface area contributed by atoms with Crippen LogP contribution in [-0.2, 0) is 4.74 Å². The number of carbonyl (C=O) groups excluding carboxylic acids is 3. The number of amides is 2. The average Bonchev–Trinajstić information content (AvgIpc) is 3.06. The van der Waals surface area contributed by atoms with E-state index in [4.69, 9.17) is 16.3 Å². The molecule has 0 spiro atoms. The minimum atomic E-state index is -0.596. The van der Waals surface area contributed by atoms with E-state index in [-0.39, 0.29) is 23.1 Å². The molecule has 0 fully saturated rings. The lowest BCUT2D eigenvalue weighted by Gasteiger charge is -2.07. The molecule has 0 bridgehead atoms. The highest BCUT2D eigenvalue weighted by atomic mass is 35.5. The maximum atomic E-state index is 12.9. The summed E-state index contributed by atoms with van der Waals surface area (Å²) in [5.41, 5.74) is 2.64. The van der Waals surface area contributed by atoms with Gasteiger partial charge in [0.25, 0.3) is 11.8 Å². The first kappa shape index (κ1) is 22.5. The van der Waals surface area contributed by atoms with Crippen LogP contribution in [0.25, 0.3) is 0 Å². The number of esters is 1. The van der Waals surface area contributed by atoms with Gasteiger partial charge in [0.15, 0.2) is 0 Å². The van der Waals surface area contributed by atoms with Crippen molar-refractivity contribution in [3.8, 4) is 0 Å². The smallest absolute Gasteiger partial charge is 0.341 e. The van der Waals surface area contributed by atoms with Gasteiger partial charge in [0.1, 0.15) is 5.00 Å². The van der Waals surface area contributed by atoms with E-state index in [1.165, 1.54) is 0 Å². The van der Waals surface area contributed by atoms with Crippen molar-refractivity contribution in [2.24, 2.45) is 0 Å². The van der Waals surface area contributed by atoms with E-state index in [2.05, 4.69) is 10.6 Å². The Bertz CT molecular complexity index is 1120. The van der Waals surface area contributed by atoms with Crippen LogP contribution in [0.15, 0.2) is 48.5 Å². The van der Waals surface area contributed by atoms with Gasteiger partial charge in [0, 0.05) is 16.3 Å². The second-order valence-corrected chi connectivity index (χ2v) is 8.22. The van der Waals surface area contributed by atoms with Gasteiger partial charge in [-0.1, -0.05) is 29.3 Å². The Morgan fingerprint density at radius 1 is 0.935 bits per heavy atom. The molecule has 0 saturated heterocycles. The summed E-state index contributed by atoms with van der Waals surface area (Å²) in [4.78, 5) is 38.4. The number of aryl methyl sites for hydroxylation is 1. The molecule has 0 saturated carbocycles. The predicted molar refractivity (Wildman–Crippen MR) is 124 cm³/mol. The van der Waals surface area contributed by atoms with Crippen molar-refractivity contribution in [1.82, 2.24) is 0 Å². The van der Waals surface area contributed by atoms with E-state index in [9.17, 15) is 14.4 Å². The number of carbonyl (C=O) groups is 3. The molecular weight excluding hydrogens is 436 g/mol. The summed E-state index contributed by atoms with van der Waals surface area (Å²) >= 11 is 6.91. The van der Waals surface area contributed by atoms with Crippen molar-refractivity contribution in [3.63, 3.8) is 0 Å². The summed E-state index contributed by atoms with van der Waals surface area (Å²) in [6, 6.07) is 13.7. The zero-order valence-electron chi connectivity index (χ0n) is 17.2. The van der Waals surface area contributed by atoms with Gasteiger partial charge < -0.3 is 15.4 Å². The first-order chi connectivity index (χ1) is 14.8. The van der Waals surface area contributed by atoms with E-state index in [0.717, 1.165) is 16.9 Å². The van der Waals surface area contributed by atoms with E-state index in [1.807, 2.05) is 19.1 Å². The van der Waals surface area contributed by atoms with Crippen LogP contribution in [0.3, 0.4) is 0 Å². The van der Waals surface area contributed by atoms with Gasteiger partial charge in [-0.15, -0.1) is 11.3 Å². The maximum Gasteiger partial charge on any atom is 0.341 e. The Morgan fingerprint density at radius 3 is 2.19 bits per heavy atom. The number of halogens is 1. The highest BCUT2D eigenvalue weighted by Gasteiger charge is 2.27. The number of hydrogen-bond acceptors (Lipinski definition) is 5. The van der Waals surface area contributed by atoms with Crippen molar-refractivity contribution in [2.75, 3.05) is 17.2 Å². The van der Waals surface area contributed by atoms with Gasteiger partial charge in [-0.3, -0.25) is 9.59 Å². The standard InChI is InChI=1S/C23H21ClN2O4S/c1-4-30-23(29)18-14(3)19(21(28)25-17-11-9-16(24)10-12-17)31-22(18)26-20(27)15-7-5-13(2)6-8-15/h5-12H,4H2,1-3H3,(H,25,28)(H,26,27). The Labute approximate surface area is 189 Å². The summed E-state index contributed by atoms with van der Waals surface area (Å²) in [6.45, 7) is 5.44. The minimum Gasteiger partial charge on any atom is -0.462 e. The summed E-state index contributed by atoms with van der Waals surface area (Å²) < 4.78 is 5.15. The Balaban J connectivity index is 1.92. The Kier molecular flexibility index (Phi) is 7.09. The molecule has 3 rings (SSSR count). The predicted octanol–water partition coefficient (Wildman–Crippen LogP) is 5.70. The number of benzene rings is 2. The molecule has 3 aromatic rings. The monoisotopic (exact) mass is 456 g/mol. The van der Waals surface area contributed by atoms with Gasteiger partial charge in [0.05, 0.1) is 17.0 Å². The number of ether oxygens (including phenoxy) is 1. The van der Waals surface area contributed by atoms with Crippen molar-refractivity contribution in [1.29, 1.82) is 0 Å². The fourth-order valence-corrected chi connectivity index (χ4v) is 4.08. The molecule has 2 aromatic carbocycles. The van der Waals surface area contributed by atoms with Gasteiger partial charge in [-0.25, -0.2) is 4.79 Å². The van der Waals surface area contributed by atoms with Crippen LogP contribution in [0.5, 0.6) is 0 Å². The number of nitrogens with one attached hydrogen (secondary N) is 2. The molecule has 6 nitrogen and oxygen atoms in total. The third-order valence-electron chi connectivity index (χ3n) is 4.48. The van der Waals surface area contributed by atoms with E-state index >= 15 is 0 Å². The molecule has 2 amide bonds. The first-order valence-corrected chi connectivity index (χ1v) is 10.7. The van der Waals surface area contributed by atoms with E-state index < -0.39 is 11.9 Å². The molecule has 31 heavy (non-hydrogen) atoms. The van der Waals surface area contributed by atoms with Crippen LogP contribution >= 0.6 is 22.9 Å². The summed E-state index contributed by atoms with van der Waals surface area (Å²) in [5, 5.41) is 6.35. The van der Waals surface area contributed by atoms with Crippen LogP contribution in [0.4, 0.5) is 10.7 Å². The maximum absolute atomic E-state index is 12.9. The molecule has 0 aliphatic heterocycles. The number of anilines is 2. The van der Waals surface area contributed by atoms with Crippen LogP contribution < -0.4 is 10.6 Å². The van der Waals surface area contributed by atoms with Crippen molar-refractivity contribution < 1.29 is 19.1 Å². The van der Waals surface area contributed by atoms with Gasteiger partial charge in [-0.2, -0.15) is 0 Å². The molecule has 2 N–H and O–H groups in total. The summed E-state index contributed by atoms with van der Waals surface area (Å²) in [7, 11) is 0. The number of rotatable bonds is 6. The van der Waals surface area contributed by atoms with Crippen molar-refractivity contribution in [2.45, 2.75) is 20.8 Å². The normalized spacial score (nSPS) is 10.5. The topological polar surface area (TPSA) is 84.5 Å². The lowest BCUT2D eigenvalue weighted by Crippen LogP contribution is -2.15. The van der Waals surface area contributed by atoms with Gasteiger partial charge >= 0.3 is 5.97 Å². The first-order valence-electron chi connectivity index (χ1n) is 9.55. The average molecular weight is 457 g/mol. The second-order valence-electron chi connectivity index (χ2n) is 6.76. The minimum absolute atomic E-state index is 0.172. The van der Waals surface area contributed by atoms with Gasteiger partial charge in [-0.05, 0) is 62.7 Å². The number of hydrogen-bond donors (Lipinski definition) is 2. The molecule has 0 aliphatic carbocycles. The van der Waals surface area contributed by atoms with Crippen LogP contribution in [0.2, 0.25) is 5.02 Å². The summed E-state index contributed by atoms with van der Waals surface area (Å²) in [6.07, 6.45) is 0. The van der Waals surface area contributed by atoms with Crippen molar-refractivity contribution in [3.05, 3.63) is 80.7 Å². The molecular formula is C23H21ClN2O4S. The van der Waals surface area contributed by atoms with Crippen LogP contribution in [0, 0.1) is 13.8 Å². The molecule has 8 heteroatoms. The lowest BCUT2D eigenvalue weighted by atomic mass is 10.1. The third-order valence-corrected chi connectivity index (χ3v) is 5.93. The van der Waals surface area contributed by atoms with E-state index in [1.54, 1.807) is 50.2 Å². The fourth-order valence-electron chi connectivity index (χ4n) is 2.87. The van der Waals surface area contributed by atoms with Crippen molar-refractivity contribution >= 4 is 51.4 Å². The number of thiophene rings is 1. The SMILES string of the molecule is CCOC(=O)c1c(NC(=O)c2ccc(C)cc2)sc(C(=O)Nc2ccc(Cl)cc2)c1C. The molecule has 0 unspecified atom stereocenters. The largest absolute Gasteiger partial charge is 0.462 e. The van der Waals surface area contributed by atoms with Gasteiger partial charge in [0.2, 0.25) is 0 Å². The van der Waals surface area contributed by atoms with Crippen LogP contribution in [0.1, 0.15) is 48.4 Å². The molecule has 0 radical (unpaired) electrons. The molecule has 160 valence electrons. The quantitative estimate of drug-likeness (QED) is 0.466. The molecule has 0 aliphatic rings.